The molecule has 6 heteroatoms. The first-order chi connectivity index (χ1) is 17.0. The molecule has 3 aliphatic rings. The van der Waals surface area contributed by atoms with Crippen LogP contribution in [0.5, 0.6) is 5.75 Å². The minimum atomic E-state index is -0.0638. The van der Waals surface area contributed by atoms with E-state index >= 15 is 0 Å². The molecule has 0 unspecified atom stereocenters. The Balaban J connectivity index is 1.17. The van der Waals surface area contributed by atoms with Gasteiger partial charge in [0.25, 0.3) is 0 Å². The van der Waals surface area contributed by atoms with Gasteiger partial charge in [0.2, 0.25) is 5.91 Å². The van der Waals surface area contributed by atoms with Gasteiger partial charge in [-0.15, -0.1) is 0 Å². The number of piperidine rings is 1. The van der Waals surface area contributed by atoms with Gasteiger partial charge in [-0.25, -0.2) is 0 Å². The first kappa shape index (κ1) is 22.4. The zero-order valence-electron chi connectivity index (χ0n) is 20.6. The summed E-state index contributed by atoms with van der Waals surface area (Å²) in [5.74, 6) is 2.39. The lowest BCUT2D eigenvalue weighted by atomic mass is 9.96. The number of carbonyl (C=O) groups is 1. The fourth-order valence-electron chi connectivity index (χ4n) is 5.90. The van der Waals surface area contributed by atoms with Gasteiger partial charge in [-0.2, -0.15) is 0 Å². The second-order valence-corrected chi connectivity index (χ2v) is 10.3. The lowest BCUT2D eigenvalue weighted by Crippen LogP contribution is -2.42. The molecule has 6 nitrogen and oxygen atoms in total. The highest BCUT2D eigenvalue weighted by Gasteiger charge is 2.51. The summed E-state index contributed by atoms with van der Waals surface area (Å²) in [7, 11) is 1.66. The standard InChI is InChI=1S/C29H32N2O4/c1-17-5-4-6-18(2)26(17)27-24(28(35-30-27)20-9-10-20)16-34-25-14-21-13-23(25)29(32)31(21)15-19-7-11-22(33-3)12-8-19/h4-8,11-12,20-21,23,25H,9-10,13-16H2,1-3H3/t21-,23+,25+/m0/s1. The number of amides is 1. The molecule has 0 N–H and O–H groups in total. The van der Waals surface area contributed by atoms with Crippen molar-refractivity contribution in [2.75, 3.05) is 7.11 Å². The Morgan fingerprint density at radius 2 is 1.80 bits per heavy atom. The van der Waals surface area contributed by atoms with Crippen LogP contribution >= 0.6 is 0 Å². The monoisotopic (exact) mass is 472 g/mol. The van der Waals surface area contributed by atoms with Crippen molar-refractivity contribution in [1.29, 1.82) is 0 Å². The summed E-state index contributed by atoms with van der Waals surface area (Å²) in [4.78, 5) is 15.3. The van der Waals surface area contributed by atoms with Gasteiger partial charge in [-0.1, -0.05) is 35.5 Å². The van der Waals surface area contributed by atoms with Gasteiger partial charge >= 0.3 is 0 Å². The molecule has 2 aromatic carbocycles. The number of ether oxygens (including phenoxy) is 2. The zero-order chi connectivity index (χ0) is 24.1. The third-order valence-corrected chi connectivity index (χ3v) is 7.96. The number of aromatic nitrogens is 1. The minimum absolute atomic E-state index is 0.0487. The number of aryl methyl sites for hydroxylation is 2. The highest BCUT2D eigenvalue weighted by atomic mass is 16.5. The van der Waals surface area contributed by atoms with E-state index in [0.29, 0.717) is 19.1 Å². The maximum absolute atomic E-state index is 13.2. The molecular formula is C29H32N2O4. The lowest BCUT2D eigenvalue weighted by Gasteiger charge is -2.31. The normalized spacial score (nSPS) is 23.3. The van der Waals surface area contributed by atoms with Crippen molar-refractivity contribution < 1.29 is 18.8 Å². The van der Waals surface area contributed by atoms with E-state index in [0.717, 1.165) is 59.6 Å². The topological polar surface area (TPSA) is 64.8 Å². The van der Waals surface area contributed by atoms with Crippen molar-refractivity contribution in [3.8, 4) is 17.0 Å². The first-order valence-electron chi connectivity index (χ1n) is 12.6. The van der Waals surface area contributed by atoms with E-state index in [1.54, 1.807) is 7.11 Å². The maximum atomic E-state index is 13.2. The predicted molar refractivity (Wildman–Crippen MR) is 132 cm³/mol. The molecule has 1 aliphatic heterocycles. The van der Waals surface area contributed by atoms with Crippen LogP contribution in [0.3, 0.4) is 0 Å². The van der Waals surface area contributed by atoms with Crippen LogP contribution in [0.25, 0.3) is 11.3 Å². The van der Waals surface area contributed by atoms with E-state index in [9.17, 15) is 4.79 Å². The number of fused-ring (bicyclic) bond motifs is 2. The second-order valence-electron chi connectivity index (χ2n) is 10.3. The number of hydrogen-bond acceptors (Lipinski definition) is 5. The fraction of sp³-hybridized carbons (Fsp3) is 0.448. The zero-order valence-corrected chi connectivity index (χ0v) is 20.6. The van der Waals surface area contributed by atoms with Gasteiger partial charge in [-0.05, 0) is 68.4 Å². The SMILES string of the molecule is COc1ccc(CN2C(=O)[C@@H]3C[C@H]2C[C@H]3OCc2c(-c3c(C)cccc3C)noc2C2CC2)cc1. The maximum Gasteiger partial charge on any atom is 0.228 e. The van der Waals surface area contributed by atoms with Crippen LogP contribution in [-0.4, -0.2) is 35.2 Å². The van der Waals surface area contributed by atoms with Crippen molar-refractivity contribution in [3.05, 3.63) is 70.5 Å². The van der Waals surface area contributed by atoms with Crippen LogP contribution < -0.4 is 4.74 Å². The van der Waals surface area contributed by atoms with Crippen LogP contribution in [0.4, 0.5) is 0 Å². The molecule has 0 spiro atoms. The lowest BCUT2D eigenvalue weighted by molar-refractivity contribution is -0.141. The molecule has 1 amide bonds. The molecule has 2 saturated carbocycles. The van der Waals surface area contributed by atoms with E-state index in [-0.39, 0.29) is 24.0 Å². The Morgan fingerprint density at radius 3 is 2.46 bits per heavy atom. The van der Waals surface area contributed by atoms with Crippen LogP contribution in [0.15, 0.2) is 47.0 Å². The van der Waals surface area contributed by atoms with Crippen molar-refractivity contribution >= 4 is 5.91 Å². The number of methoxy groups -OCH3 is 1. The summed E-state index contributed by atoms with van der Waals surface area (Å²) < 4.78 is 17.6. The largest absolute Gasteiger partial charge is 0.497 e. The van der Waals surface area contributed by atoms with Crippen LogP contribution in [-0.2, 0) is 22.7 Å². The van der Waals surface area contributed by atoms with E-state index in [1.165, 1.54) is 11.1 Å². The van der Waals surface area contributed by atoms with Crippen LogP contribution in [0.1, 0.15) is 59.6 Å². The van der Waals surface area contributed by atoms with Gasteiger partial charge in [0.15, 0.2) is 0 Å². The summed E-state index contributed by atoms with van der Waals surface area (Å²) in [5.41, 5.74) is 6.60. The van der Waals surface area contributed by atoms with E-state index < -0.39 is 0 Å². The molecule has 2 aliphatic carbocycles. The molecule has 35 heavy (non-hydrogen) atoms. The van der Waals surface area contributed by atoms with Gasteiger partial charge in [-0.3, -0.25) is 4.79 Å². The summed E-state index contributed by atoms with van der Waals surface area (Å²) >= 11 is 0. The highest BCUT2D eigenvalue weighted by molar-refractivity contribution is 5.83. The third kappa shape index (κ3) is 4.04. The fourth-order valence-corrected chi connectivity index (χ4v) is 5.90. The molecule has 2 bridgehead atoms. The Hall–Kier alpha value is -3.12. The molecule has 0 radical (unpaired) electrons. The summed E-state index contributed by atoms with van der Waals surface area (Å²) in [5, 5.41) is 4.51. The average molecular weight is 473 g/mol. The molecule has 1 aromatic heterocycles. The summed E-state index contributed by atoms with van der Waals surface area (Å²) in [6.45, 7) is 5.32. The number of rotatable bonds is 8. The van der Waals surface area contributed by atoms with Gasteiger partial charge < -0.3 is 18.9 Å². The van der Waals surface area contributed by atoms with Crippen LogP contribution in [0, 0.1) is 19.8 Å². The second kappa shape index (κ2) is 8.83. The molecule has 182 valence electrons. The number of likely N-dealkylation sites (tertiary alicyclic amines) is 1. The summed E-state index contributed by atoms with van der Waals surface area (Å²) in [6.07, 6.45) is 3.99. The van der Waals surface area contributed by atoms with Crippen molar-refractivity contribution in [3.63, 3.8) is 0 Å². The Morgan fingerprint density at radius 1 is 1.06 bits per heavy atom. The van der Waals surface area contributed by atoms with Gasteiger partial charge in [0.1, 0.15) is 17.2 Å². The Kier molecular flexibility index (Phi) is 5.64. The third-order valence-electron chi connectivity index (χ3n) is 7.96. The van der Waals surface area contributed by atoms with Gasteiger partial charge in [0, 0.05) is 29.6 Å². The quantitative estimate of drug-likeness (QED) is 0.430. The van der Waals surface area contributed by atoms with Crippen molar-refractivity contribution in [2.45, 2.75) is 70.7 Å². The van der Waals surface area contributed by atoms with E-state index in [4.69, 9.17) is 14.0 Å². The van der Waals surface area contributed by atoms with Gasteiger partial charge in [0.05, 0.1) is 25.7 Å². The molecule has 3 atom stereocenters. The molecule has 1 saturated heterocycles. The molecular weight excluding hydrogens is 440 g/mol. The van der Waals surface area contributed by atoms with Crippen molar-refractivity contribution in [2.24, 2.45) is 5.92 Å². The smallest absolute Gasteiger partial charge is 0.228 e. The summed E-state index contributed by atoms with van der Waals surface area (Å²) in [6, 6.07) is 14.5. The highest BCUT2D eigenvalue weighted by Crippen LogP contribution is 2.46. The number of benzene rings is 2. The van der Waals surface area contributed by atoms with E-state index in [2.05, 4.69) is 37.2 Å². The number of carbonyl (C=O) groups excluding carboxylic acids is 1. The van der Waals surface area contributed by atoms with E-state index in [1.807, 2.05) is 29.2 Å². The minimum Gasteiger partial charge on any atom is -0.497 e. The molecule has 2 heterocycles. The number of hydrogen-bond donors (Lipinski definition) is 0. The average Bonchev–Trinajstić information content (AvgIpc) is 3.38. The predicted octanol–water partition coefficient (Wildman–Crippen LogP) is 5.55. The first-order valence-corrected chi connectivity index (χ1v) is 12.6. The Bertz CT molecular complexity index is 1220. The van der Waals surface area contributed by atoms with Crippen molar-refractivity contribution in [1.82, 2.24) is 10.1 Å². The molecule has 6 rings (SSSR count). The van der Waals surface area contributed by atoms with Crippen LogP contribution in [0.2, 0.25) is 0 Å². The number of nitrogens with zero attached hydrogens (tertiary/aromatic N) is 2. The molecule has 3 aromatic rings. The Labute approximate surface area is 206 Å². The molecule has 3 fully saturated rings.